The molecule has 6 rings (SSSR count). The summed E-state index contributed by atoms with van der Waals surface area (Å²) >= 11 is 0. The molecule has 3 heterocycles. The molecule has 1 saturated carbocycles. The van der Waals surface area contributed by atoms with E-state index in [1.807, 2.05) is 58.1 Å². The van der Waals surface area contributed by atoms with Gasteiger partial charge in [-0.3, -0.25) is 9.78 Å². The average molecular weight is 429 g/mol. The fraction of sp³-hybridized carbons (Fsp3) is 0.308. The van der Waals surface area contributed by atoms with Gasteiger partial charge in [-0.15, -0.1) is 0 Å². The molecule has 0 radical (unpaired) electrons. The van der Waals surface area contributed by atoms with Gasteiger partial charge >= 0.3 is 0 Å². The van der Waals surface area contributed by atoms with Gasteiger partial charge < -0.3 is 14.6 Å². The number of aliphatic hydroxyl groups is 1. The standard InChI is InChI=1S/C26H24FN3O2/c27-19-11-12-29(15-24(19)31)22-7-3-5-17-10-13-30(26(32)25(17)22)23-14-18(23)21-9-8-16-4-1-2-6-20(16)28-21/h1-10,13,18-19,23-24,31H,11-12,14-15H2/t18?,19-,23?,24-/m1/s1. The summed E-state index contributed by atoms with van der Waals surface area (Å²) in [5, 5.41) is 12.6. The Morgan fingerprint density at radius 3 is 2.72 bits per heavy atom. The number of pyridine rings is 2. The highest BCUT2D eigenvalue weighted by Crippen LogP contribution is 2.50. The summed E-state index contributed by atoms with van der Waals surface area (Å²) in [5.74, 6) is 0.214. The van der Waals surface area contributed by atoms with Gasteiger partial charge in [0.25, 0.3) is 5.56 Å². The van der Waals surface area contributed by atoms with Gasteiger partial charge in [-0.25, -0.2) is 4.39 Å². The number of benzene rings is 2. The molecule has 0 spiro atoms. The summed E-state index contributed by atoms with van der Waals surface area (Å²) < 4.78 is 15.6. The predicted molar refractivity (Wildman–Crippen MR) is 124 cm³/mol. The van der Waals surface area contributed by atoms with Crippen LogP contribution in [0.5, 0.6) is 0 Å². The second-order valence-electron chi connectivity index (χ2n) is 8.93. The fourth-order valence-corrected chi connectivity index (χ4v) is 5.03. The van der Waals surface area contributed by atoms with Crippen LogP contribution in [0, 0.1) is 0 Å². The molecule has 4 aromatic rings. The molecule has 2 unspecified atom stereocenters. The summed E-state index contributed by atoms with van der Waals surface area (Å²) in [5.41, 5.74) is 2.72. The lowest BCUT2D eigenvalue weighted by molar-refractivity contribution is 0.0646. The largest absolute Gasteiger partial charge is 0.388 e. The van der Waals surface area contributed by atoms with Gasteiger partial charge in [-0.2, -0.15) is 0 Å². The molecular formula is C26H24FN3O2. The number of aliphatic hydroxyl groups excluding tert-OH is 1. The summed E-state index contributed by atoms with van der Waals surface area (Å²) in [4.78, 5) is 20.3. The van der Waals surface area contributed by atoms with Crippen molar-refractivity contribution in [3.63, 3.8) is 0 Å². The molecule has 0 bridgehead atoms. The number of para-hydroxylation sites is 1. The van der Waals surface area contributed by atoms with E-state index in [4.69, 9.17) is 4.98 Å². The van der Waals surface area contributed by atoms with Gasteiger partial charge in [0.2, 0.25) is 0 Å². The summed E-state index contributed by atoms with van der Waals surface area (Å²) in [6.45, 7) is 0.681. The topological polar surface area (TPSA) is 58.4 Å². The van der Waals surface area contributed by atoms with Crippen molar-refractivity contribution < 1.29 is 9.50 Å². The van der Waals surface area contributed by atoms with E-state index >= 15 is 0 Å². The lowest BCUT2D eigenvalue weighted by atomic mass is 10.0. The number of aromatic nitrogens is 2. The zero-order chi connectivity index (χ0) is 21.8. The minimum atomic E-state index is -1.21. The van der Waals surface area contributed by atoms with Crippen LogP contribution < -0.4 is 10.5 Å². The lowest BCUT2D eigenvalue weighted by Gasteiger charge is -2.34. The number of hydrogen-bond donors (Lipinski definition) is 1. The van der Waals surface area contributed by atoms with E-state index in [9.17, 15) is 14.3 Å². The number of fused-ring (bicyclic) bond motifs is 2. The molecule has 0 amide bonds. The van der Waals surface area contributed by atoms with Crippen LogP contribution in [0.2, 0.25) is 0 Å². The Labute approximate surface area is 184 Å². The maximum atomic E-state index is 13.8. The normalized spacial score (nSPS) is 25.4. The van der Waals surface area contributed by atoms with E-state index < -0.39 is 12.3 Å². The van der Waals surface area contributed by atoms with Crippen LogP contribution in [-0.2, 0) is 0 Å². The average Bonchev–Trinajstić information content (AvgIpc) is 3.61. The van der Waals surface area contributed by atoms with E-state index in [0.717, 1.165) is 34.1 Å². The highest BCUT2D eigenvalue weighted by molar-refractivity contribution is 5.93. The SMILES string of the molecule is O=c1c2c(N3CC[C@@H](F)[C@H](O)C3)cccc2ccn1C1CC1c1ccc2ccccc2n1. The van der Waals surface area contributed by atoms with Gasteiger partial charge in [-0.05, 0) is 42.5 Å². The third-order valence-corrected chi connectivity index (χ3v) is 6.89. The molecule has 2 aromatic heterocycles. The summed E-state index contributed by atoms with van der Waals surface area (Å²) in [6, 6.07) is 20.0. The van der Waals surface area contributed by atoms with E-state index in [-0.39, 0.29) is 30.5 Å². The van der Waals surface area contributed by atoms with Crippen molar-refractivity contribution in [3.8, 4) is 0 Å². The minimum Gasteiger partial charge on any atom is -0.388 e. The van der Waals surface area contributed by atoms with Gasteiger partial charge in [0.05, 0.1) is 16.6 Å². The Morgan fingerprint density at radius 1 is 1.00 bits per heavy atom. The highest BCUT2D eigenvalue weighted by atomic mass is 19.1. The Balaban J connectivity index is 1.36. The first-order valence-electron chi connectivity index (χ1n) is 11.2. The Bertz CT molecular complexity index is 1380. The van der Waals surface area contributed by atoms with Crippen LogP contribution in [0.1, 0.15) is 30.5 Å². The first-order valence-corrected chi connectivity index (χ1v) is 11.2. The Hall–Kier alpha value is -3.25. The molecule has 2 aromatic carbocycles. The van der Waals surface area contributed by atoms with Gasteiger partial charge in [0.1, 0.15) is 12.3 Å². The maximum absolute atomic E-state index is 13.8. The van der Waals surface area contributed by atoms with Crippen molar-refractivity contribution in [2.75, 3.05) is 18.0 Å². The minimum absolute atomic E-state index is 0.0387. The molecule has 2 fully saturated rings. The van der Waals surface area contributed by atoms with Gasteiger partial charge in [-0.1, -0.05) is 36.4 Å². The van der Waals surface area contributed by atoms with Crippen LogP contribution in [0.3, 0.4) is 0 Å². The van der Waals surface area contributed by atoms with Crippen molar-refractivity contribution in [1.82, 2.24) is 9.55 Å². The predicted octanol–water partition coefficient (Wildman–Crippen LogP) is 4.19. The number of halogens is 1. The van der Waals surface area contributed by atoms with Crippen molar-refractivity contribution in [1.29, 1.82) is 0 Å². The second kappa shape index (κ2) is 7.41. The van der Waals surface area contributed by atoms with E-state index in [2.05, 4.69) is 18.2 Å². The zero-order valence-corrected chi connectivity index (χ0v) is 17.6. The zero-order valence-electron chi connectivity index (χ0n) is 17.6. The van der Waals surface area contributed by atoms with Crippen molar-refractivity contribution in [2.45, 2.75) is 37.1 Å². The van der Waals surface area contributed by atoms with E-state index in [0.29, 0.717) is 11.9 Å². The van der Waals surface area contributed by atoms with Gasteiger partial charge in [0, 0.05) is 42.3 Å². The number of alkyl halides is 1. The molecule has 1 saturated heterocycles. The molecule has 1 aliphatic carbocycles. The van der Waals surface area contributed by atoms with Crippen molar-refractivity contribution in [2.24, 2.45) is 0 Å². The number of rotatable bonds is 3. The first kappa shape index (κ1) is 19.4. The molecule has 2 aliphatic rings. The van der Waals surface area contributed by atoms with Crippen LogP contribution >= 0.6 is 0 Å². The number of β-amino-alcohol motifs (C(OH)–C–C–N with tert-alkyl or cyclic N) is 1. The quantitative estimate of drug-likeness (QED) is 0.531. The van der Waals surface area contributed by atoms with Crippen LogP contribution in [0.4, 0.5) is 10.1 Å². The Kier molecular flexibility index (Phi) is 4.50. The lowest BCUT2D eigenvalue weighted by Crippen LogP contribution is -2.45. The number of nitrogens with zero attached hydrogens (tertiary/aromatic N) is 3. The first-order chi connectivity index (χ1) is 15.6. The molecule has 6 heteroatoms. The Morgan fingerprint density at radius 2 is 1.84 bits per heavy atom. The van der Waals surface area contributed by atoms with Crippen LogP contribution in [0.25, 0.3) is 21.7 Å². The number of anilines is 1. The van der Waals surface area contributed by atoms with Crippen LogP contribution in [0.15, 0.2) is 71.7 Å². The fourth-order valence-electron chi connectivity index (χ4n) is 5.03. The molecule has 4 atom stereocenters. The maximum Gasteiger partial charge on any atom is 0.260 e. The van der Waals surface area contributed by atoms with E-state index in [1.165, 1.54) is 0 Å². The van der Waals surface area contributed by atoms with Gasteiger partial charge in [0.15, 0.2) is 0 Å². The molecule has 1 aliphatic heterocycles. The van der Waals surface area contributed by atoms with Crippen molar-refractivity contribution >= 4 is 27.4 Å². The molecule has 162 valence electrons. The molecule has 1 N–H and O–H groups in total. The van der Waals surface area contributed by atoms with Crippen LogP contribution in [-0.4, -0.2) is 40.0 Å². The third-order valence-electron chi connectivity index (χ3n) is 6.89. The molecule has 32 heavy (non-hydrogen) atoms. The third kappa shape index (κ3) is 3.17. The smallest absolute Gasteiger partial charge is 0.260 e. The number of hydrogen-bond acceptors (Lipinski definition) is 4. The van der Waals surface area contributed by atoms with Crippen molar-refractivity contribution in [3.05, 3.63) is 82.9 Å². The second-order valence-corrected chi connectivity index (χ2v) is 8.93. The highest BCUT2D eigenvalue weighted by Gasteiger charge is 2.42. The molecule has 5 nitrogen and oxygen atoms in total. The van der Waals surface area contributed by atoms with E-state index in [1.54, 1.807) is 0 Å². The monoisotopic (exact) mass is 429 g/mol. The number of piperidine rings is 1. The molecular weight excluding hydrogens is 405 g/mol. The summed E-state index contributed by atoms with van der Waals surface area (Å²) in [7, 11) is 0. The summed E-state index contributed by atoms with van der Waals surface area (Å²) in [6.07, 6.45) is 0.779.